The van der Waals surface area contributed by atoms with Gasteiger partial charge in [-0.1, -0.05) is 12.1 Å². The molecule has 0 aromatic heterocycles. The van der Waals surface area contributed by atoms with Gasteiger partial charge in [-0.3, -0.25) is 0 Å². The van der Waals surface area contributed by atoms with Crippen molar-refractivity contribution in [3.63, 3.8) is 0 Å². The Kier molecular flexibility index (Phi) is 3.19. The summed E-state index contributed by atoms with van der Waals surface area (Å²) >= 11 is 3.23. The standard InChI is InChI=1S/C17H20BrFO/c18-14-3-1-2-13(16(14)19)17(20)15-11-5-9-4-10(7-11)8-12(15)6-9/h1-3,9-12,15,17,20H,4-8H2. The molecule has 0 spiro atoms. The molecule has 108 valence electrons. The van der Waals surface area contributed by atoms with E-state index in [-0.39, 0.29) is 11.7 Å². The lowest BCUT2D eigenvalue weighted by Crippen LogP contribution is -2.47. The van der Waals surface area contributed by atoms with Gasteiger partial charge in [0.25, 0.3) is 0 Å². The molecular formula is C17H20BrFO. The number of aliphatic hydroxyl groups excluding tert-OH is 1. The minimum absolute atomic E-state index is 0.270. The molecule has 4 aliphatic carbocycles. The largest absolute Gasteiger partial charge is 0.388 e. The molecule has 0 radical (unpaired) electrons. The molecule has 1 aromatic rings. The summed E-state index contributed by atoms with van der Waals surface area (Å²) in [6.45, 7) is 0. The van der Waals surface area contributed by atoms with Crippen molar-refractivity contribution in [3.8, 4) is 0 Å². The first-order valence-electron chi connectivity index (χ1n) is 7.75. The van der Waals surface area contributed by atoms with Crippen molar-refractivity contribution < 1.29 is 9.50 Å². The zero-order valence-electron chi connectivity index (χ0n) is 11.4. The maximum Gasteiger partial charge on any atom is 0.143 e. The lowest BCUT2D eigenvalue weighted by Gasteiger charge is -2.55. The molecule has 5 rings (SSSR count). The number of hydrogen-bond donors (Lipinski definition) is 1. The van der Waals surface area contributed by atoms with E-state index in [1.165, 1.54) is 32.1 Å². The molecule has 20 heavy (non-hydrogen) atoms. The van der Waals surface area contributed by atoms with Gasteiger partial charge in [-0.2, -0.15) is 0 Å². The van der Waals surface area contributed by atoms with E-state index >= 15 is 0 Å². The fourth-order valence-corrected chi connectivity index (χ4v) is 5.82. The van der Waals surface area contributed by atoms with Gasteiger partial charge in [-0.25, -0.2) is 4.39 Å². The third kappa shape index (κ3) is 1.97. The average Bonchev–Trinajstić information content (AvgIpc) is 2.40. The van der Waals surface area contributed by atoms with Crippen LogP contribution in [0.25, 0.3) is 0 Å². The van der Waals surface area contributed by atoms with Crippen molar-refractivity contribution in [1.29, 1.82) is 0 Å². The number of benzene rings is 1. The number of rotatable bonds is 2. The van der Waals surface area contributed by atoms with Gasteiger partial charge in [0, 0.05) is 5.56 Å². The van der Waals surface area contributed by atoms with Crippen LogP contribution in [0.1, 0.15) is 43.8 Å². The van der Waals surface area contributed by atoms with E-state index in [0.29, 0.717) is 21.9 Å². The highest BCUT2D eigenvalue weighted by molar-refractivity contribution is 9.10. The molecule has 0 aliphatic heterocycles. The van der Waals surface area contributed by atoms with Crippen LogP contribution >= 0.6 is 15.9 Å². The lowest BCUT2D eigenvalue weighted by molar-refractivity contribution is -0.0916. The van der Waals surface area contributed by atoms with E-state index in [0.717, 1.165) is 11.8 Å². The van der Waals surface area contributed by atoms with Gasteiger partial charge in [0.15, 0.2) is 0 Å². The zero-order valence-corrected chi connectivity index (χ0v) is 13.0. The fraction of sp³-hybridized carbons (Fsp3) is 0.647. The van der Waals surface area contributed by atoms with Gasteiger partial charge in [0.1, 0.15) is 5.82 Å². The van der Waals surface area contributed by atoms with E-state index in [9.17, 15) is 9.50 Å². The minimum atomic E-state index is -0.637. The molecule has 0 heterocycles. The maximum absolute atomic E-state index is 14.3. The van der Waals surface area contributed by atoms with Crippen molar-refractivity contribution in [2.24, 2.45) is 29.6 Å². The summed E-state index contributed by atoms with van der Waals surface area (Å²) in [6, 6.07) is 5.26. The van der Waals surface area contributed by atoms with E-state index in [1.807, 2.05) is 6.07 Å². The summed E-state index contributed by atoms with van der Waals surface area (Å²) in [5.74, 6) is 2.97. The van der Waals surface area contributed by atoms with Gasteiger partial charge in [-0.05, 0) is 83.7 Å². The maximum atomic E-state index is 14.3. The monoisotopic (exact) mass is 338 g/mol. The molecule has 1 unspecified atom stereocenters. The molecule has 1 nitrogen and oxygen atoms in total. The predicted molar refractivity (Wildman–Crippen MR) is 79.6 cm³/mol. The van der Waals surface area contributed by atoms with Crippen LogP contribution in [0.4, 0.5) is 4.39 Å². The lowest BCUT2D eigenvalue weighted by atomic mass is 9.50. The van der Waals surface area contributed by atoms with Crippen LogP contribution in [0.3, 0.4) is 0 Å². The third-order valence-electron chi connectivity index (χ3n) is 5.96. The Morgan fingerprint density at radius 1 is 1.05 bits per heavy atom. The molecule has 4 saturated carbocycles. The summed E-state index contributed by atoms with van der Waals surface area (Å²) in [4.78, 5) is 0. The Balaban J connectivity index is 1.65. The molecule has 0 saturated heterocycles. The van der Waals surface area contributed by atoms with Crippen molar-refractivity contribution >= 4 is 15.9 Å². The first-order valence-corrected chi connectivity index (χ1v) is 8.54. The Hall–Kier alpha value is -0.410. The van der Waals surface area contributed by atoms with Crippen LogP contribution in [0, 0.1) is 35.4 Å². The summed E-state index contributed by atoms with van der Waals surface area (Å²) in [7, 11) is 0. The van der Waals surface area contributed by atoms with Crippen molar-refractivity contribution in [2.75, 3.05) is 0 Å². The molecule has 3 heteroatoms. The summed E-state index contributed by atoms with van der Waals surface area (Å²) in [5, 5.41) is 10.8. The first-order chi connectivity index (χ1) is 9.63. The summed E-state index contributed by atoms with van der Waals surface area (Å²) in [5.41, 5.74) is 0.483. The van der Waals surface area contributed by atoms with Crippen LogP contribution in [0.15, 0.2) is 22.7 Å². The predicted octanol–water partition coefficient (Wildman–Crippen LogP) is 4.69. The second kappa shape index (κ2) is 4.81. The van der Waals surface area contributed by atoms with Crippen LogP contribution in [-0.2, 0) is 0 Å². The molecule has 0 amide bonds. The summed E-state index contributed by atoms with van der Waals surface area (Å²) in [6.07, 6.45) is 5.78. The zero-order chi connectivity index (χ0) is 13.9. The normalized spacial score (nSPS) is 40.0. The summed E-state index contributed by atoms with van der Waals surface area (Å²) < 4.78 is 14.7. The van der Waals surface area contributed by atoms with Gasteiger partial charge < -0.3 is 5.11 Å². The SMILES string of the molecule is OC(c1cccc(Br)c1F)C1C2CC3CC(C2)CC1C3. The van der Waals surface area contributed by atoms with Crippen LogP contribution in [-0.4, -0.2) is 5.11 Å². The van der Waals surface area contributed by atoms with Crippen molar-refractivity contribution in [3.05, 3.63) is 34.1 Å². The minimum Gasteiger partial charge on any atom is -0.388 e. The smallest absolute Gasteiger partial charge is 0.143 e. The Morgan fingerprint density at radius 3 is 2.25 bits per heavy atom. The second-order valence-electron chi connectivity index (χ2n) is 7.10. The Labute approximate surface area is 127 Å². The highest BCUT2D eigenvalue weighted by Crippen LogP contribution is 2.59. The van der Waals surface area contributed by atoms with Crippen LogP contribution < -0.4 is 0 Å². The fourth-order valence-electron chi connectivity index (χ4n) is 5.44. The molecule has 4 aliphatic rings. The number of hydrogen-bond acceptors (Lipinski definition) is 1. The highest BCUT2D eigenvalue weighted by Gasteiger charge is 2.50. The molecular weight excluding hydrogens is 319 g/mol. The van der Waals surface area contributed by atoms with E-state index in [2.05, 4.69) is 15.9 Å². The molecule has 1 atom stereocenters. The van der Waals surface area contributed by atoms with Gasteiger partial charge in [0.05, 0.1) is 10.6 Å². The number of aliphatic hydroxyl groups is 1. The van der Waals surface area contributed by atoms with Gasteiger partial charge in [-0.15, -0.1) is 0 Å². The molecule has 4 fully saturated rings. The van der Waals surface area contributed by atoms with Crippen molar-refractivity contribution in [1.82, 2.24) is 0 Å². The van der Waals surface area contributed by atoms with E-state index in [4.69, 9.17) is 0 Å². The topological polar surface area (TPSA) is 20.2 Å². The van der Waals surface area contributed by atoms with Crippen LogP contribution in [0.5, 0.6) is 0 Å². The highest BCUT2D eigenvalue weighted by atomic mass is 79.9. The quantitative estimate of drug-likeness (QED) is 0.828. The van der Waals surface area contributed by atoms with Crippen molar-refractivity contribution in [2.45, 2.75) is 38.2 Å². The van der Waals surface area contributed by atoms with Gasteiger partial charge in [0.2, 0.25) is 0 Å². The Morgan fingerprint density at radius 2 is 1.65 bits per heavy atom. The Bertz CT molecular complexity index is 502. The number of halogens is 2. The van der Waals surface area contributed by atoms with E-state index < -0.39 is 6.10 Å². The average molecular weight is 339 g/mol. The van der Waals surface area contributed by atoms with E-state index in [1.54, 1.807) is 12.1 Å². The van der Waals surface area contributed by atoms with Gasteiger partial charge >= 0.3 is 0 Å². The molecule has 1 aromatic carbocycles. The second-order valence-corrected chi connectivity index (χ2v) is 7.95. The third-order valence-corrected chi connectivity index (χ3v) is 6.58. The first kappa shape index (κ1) is 13.3. The molecule has 1 N–H and O–H groups in total. The van der Waals surface area contributed by atoms with Crippen LogP contribution in [0.2, 0.25) is 0 Å². The molecule has 4 bridgehead atoms.